The Bertz CT molecular complexity index is 919. The summed E-state index contributed by atoms with van der Waals surface area (Å²) in [5.74, 6) is -2.04. The molecule has 0 radical (unpaired) electrons. The van der Waals surface area contributed by atoms with E-state index in [9.17, 15) is 24.0 Å². The van der Waals surface area contributed by atoms with Gasteiger partial charge in [0.25, 0.3) is 17.7 Å². The second-order valence-electron chi connectivity index (χ2n) is 7.74. The number of carbonyl (C=O) groups is 5. The number of imide groups is 2. The third-order valence-corrected chi connectivity index (χ3v) is 5.73. The number of likely N-dealkylation sites (tertiary alicyclic amines) is 1. The van der Waals surface area contributed by atoms with Gasteiger partial charge in [0, 0.05) is 19.5 Å². The number of nitrogens with one attached hydrogen (secondary N) is 1. The van der Waals surface area contributed by atoms with Crippen molar-refractivity contribution in [2.45, 2.75) is 44.6 Å². The Hall–Kier alpha value is -3.23. The van der Waals surface area contributed by atoms with Crippen LogP contribution >= 0.6 is 0 Å². The number of amides is 5. The van der Waals surface area contributed by atoms with E-state index in [1.54, 1.807) is 4.90 Å². The lowest BCUT2D eigenvalue weighted by atomic mass is 10.0. The molecule has 0 bridgehead atoms. The second-order valence-corrected chi connectivity index (χ2v) is 7.74. The van der Waals surface area contributed by atoms with Crippen LogP contribution in [0.2, 0.25) is 0 Å². The lowest BCUT2D eigenvalue weighted by molar-refractivity contribution is -0.136. The van der Waals surface area contributed by atoms with Gasteiger partial charge in [0.05, 0.1) is 11.1 Å². The number of carbonyl (C=O) groups excluding carboxylic acids is 5. The zero-order valence-electron chi connectivity index (χ0n) is 16.5. The van der Waals surface area contributed by atoms with Gasteiger partial charge >= 0.3 is 0 Å². The maximum atomic E-state index is 12.8. The van der Waals surface area contributed by atoms with Crippen LogP contribution in [0.25, 0.3) is 0 Å². The highest BCUT2D eigenvalue weighted by molar-refractivity contribution is 6.23. The summed E-state index contributed by atoms with van der Waals surface area (Å²) in [7, 11) is 0. The maximum Gasteiger partial charge on any atom is 0.262 e. The summed E-state index contributed by atoms with van der Waals surface area (Å²) >= 11 is 0. The Labute approximate surface area is 173 Å². The molecule has 0 aromatic heterocycles. The lowest BCUT2D eigenvalue weighted by Gasteiger charge is -2.27. The van der Waals surface area contributed by atoms with Crippen LogP contribution in [0.1, 0.15) is 59.2 Å². The Morgan fingerprint density at radius 1 is 1.00 bits per heavy atom. The molecule has 158 valence electrons. The van der Waals surface area contributed by atoms with Gasteiger partial charge in [0.1, 0.15) is 11.8 Å². The van der Waals surface area contributed by atoms with Crippen LogP contribution in [0, 0.1) is 0 Å². The van der Waals surface area contributed by atoms with Crippen molar-refractivity contribution in [1.82, 2.24) is 15.1 Å². The minimum absolute atomic E-state index is 0.0663. The molecule has 0 spiro atoms. The van der Waals surface area contributed by atoms with Crippen LogP contribution in [0.5, 0.6) is 5.75 Å². The Morgan fingerprint density at radius 2 is 1.70 bits per heavy atom. The molecule has 2 fully saturated rings. The van der Waals surface area contributed by atoms with Crippen molar-refractivity contribution >= 4 is 29.5 Å². The van der Waals surface area contributed by atoms with Crippen molar-refractivity contribution in [3.63, 3.8) is 0 Å². The maximum absolute atomic E-state index is 12.8. The summed E-state index contributed by atoms with van der Waals surface area (Å²) in [5, 5.41) is 2.16. The Morgan fingerprint density at radius 3 is 2.40 bits per heavy atom. The standard InChI is InChI=1S/C21H23N3O6/c25-17-8-7-16(19(27)22-17)24-20(28)14-6-5-13(11-15(14)21(24)29)30-12-18(26)23-9-3-1-2-4-10-23/h5-6,11,16H,1-4,7-10,12H2,(H,22,25,27). The number of fused-ring (bicyclic) bond motifs is 1. The van der Waals surface area contributed by atoms with E-state index in [0.717, 1.165) is 43.7 Å². The fourth-order valence-electron chi connectivity index (χ4n) is 4.10. The van der Waals surface area contributed by atoms with Gasteiger partial charge in [-0.25, -0.2) is 0 Å². The van der Waals surface area contributed by atoms with E-state index in [-0.39, 0.29) is 36.5 Å². The van der Waals surface area contributed by atoms with Crippen LogP contribution in [0.4, 0.5) is 0 Å². The highest BCUT2D eigenvalue weighted by atomic mass is 16.5. The number of rotatable bonds is 4. The molecule has 9 heteroatoms. The van der Waals surface area contributed by atoms with Gasteiger partial charge in [0.15, 0.2) is 6.61 Å². The molecule has 1 aromatic rings. The van der Waals surface area contributed by atoms with Crippen molar-refractivity contribution in [2.24, 2.45) is 0 Å². The SMILES string of the molecule is O=C1CCC(N2C(=O)c3ccc(OCC(=O)N4CCCCCC4)cc3C2=O)C(=O)N1. The van der Waals surface area contributed by atoms with Crippen molar-refractivity contribution in [3.05, 3.63) is 29.3 Å². The number of hydrogen-bond acceptors (Lipinski definition) is 6. The average Bonchev–Trinajstić information content (AvgIpc) is 2.92. The van der Waals surface area contributed by atoms with Crippen molar-refractivity contribution in [2.75, 3.05) is 19.7 Å². The third kappa shape index (κ3) is 3.79. The topological polar surface area (TPSA) is 113 Å². The molecule has 1 aromatic carbocycles. The van der Waals surface area contributed by atoms with Gasteiger partial charge in [-0.2, -0.15) is 0 Å². The molecule has 9 nitrogen and oxygen atoms in total. The second kappa shape index (κ2) is 8.25. The molecule has 1 atom stereocenters. The first-order chi connectivity index (χ1) is 14.5. The average molecular weight is 413 g/mol. The smallest absolute Gasteiger partial charge is 0.262 e. The Kier molecular flexibility index (Phi) is 5.52. The predicted molar refractivity (Wildman–Crippen MR) is 104 cm³/mol. The van der Waals surface area contributed by atoms with Crippen LogP contribution in [-0.2, 0) is 14.4 Å². The number of benzene rings is 1. The molecule has 2 saturated heterocycles. The molecule has 0 saturated carbocycles. The van der Waals surface area contributed by atoms with E-state index in [1.165, 1.54) is 18.2 Å². The van der Waals surface area contributed by atoms with Crippen LogP contribution < -0.4 is 10.1 Å². The van der Waals surface area contributed by atoms with Gasteiger partial charge < -0.3 is 9.64 Å². The summed E-state index contributed by atoms with van der Waals surface area (Å²) in [6, 6.07) is 3.42. The number of nitrogens with zero attached hydrogens (tertiary/aromatic N) is 2. The number of hydrogen-bond donors (Lipinski definition) is 1. The van der Waals surface area contributed by atoms with E-state index in [0.29, 0.717) is 5.75 Å². The van der Waals surface area contributed by atoms with Crippen molar-refractivity contribution in [3.8, 4) is 5.75 Å². The zero-order valence-corrected chi connectivity index (χ0v) is 16.5. The van der Waals surface area contributed by atoms with Crippen molar-refractivity contribution < 1.29 is 28.7 Å². The first-order valence-electron chi connectivity index (χ1n) is 10.2. The largest absolute Gasteiger partial charge is 0.484 e. The summed E-state index contributed by atoms with van der Waals surface area (Å²) in [4.78, 5) is 64.1. The van der Waals surface area contributed by atoms with Gasteiger partial charge in [0.2, 0.25) is 11.8 Å². The van der Waals surface area contributed by atoms with Crippen molar-refractivity contribution in [1.29, 1.82) is 0 Å². The molecule has 0 aliphatic carbocycles. The van der Waals surface area contributed by atoms with Crippen LogP contribution in [0.3, 0.4) is 0 Å². The van der Waals surface area contributed by atoms with E-state index in [4.69, 9.17) is 4.74 Å². The van der Waals surface area contributed by atoms with E-state index in [1.807, 2.05) is 0 Å². The molecular formula is C21H23N3O6. The van der Waals surface area contributed by atoms with Gasteiger partial charge in [-0.15, -0.1) is 0 Å². The van der Waals surface area contributed by atoms with E-state index in [2.05, 4.69) is 5.32 Å². The first kappa shape index (κ1) is 20.1. The Balaban J connectivity index is 1.44. The molecule has 1 unspecified atom stereocenters. The lowest BCUT2D eigenvalue weighted by Crippen LogP contribution is -2.54. The zero-order chi connectivity index (χ0) is 21.3. The number of ether oxygens (including phenoxy) is 1. The fraction of sp³-hybridized carbons (Fsp3) is 0.476. The van der Waals surface area contributed by atoms with Gasteiger partial charge in [-0.05, 0) is 37.5 Å². The van der Waals surface area contributed by atoms with E-state index >= 15 is 0 Å². The normalized spacial score (nSPS) is 21.9. The van der Waals surface area contributed by atoms with Crippen LogP contribution in [0.15, 0.2) is 18.2 Å². The minimum Gasteiger partial charge on any atom is -0.484 e. The molecule has 30 heavy (non-hydrogen) atoms. The highest BCUT2D eigenvalue weighted by Gasteiger charge is 2.44. The molecule has 5 amide bonds. The quantitative estimate of drug-likeness (QED) is 0.733. The molecular weight excluding hydrogens is 390 g/mol. The minimum atomic E-state index is -1.01. The molecule has 3 heterocycles. The molecule has 3 aliphatic rings. The fourth-order valence-corrected chi connectivity index (χ4v) is 4.10. The monoisotopic (exact) mass is 413 g/mol. The van der Waals surface area contributed by atoms with Gasteiger partial charge in [-0.1, -0.05) is 12.8 Å². The van der Waals surface area contributed by atoms with Gasteiger partial charge in [-0.3, -0.25) is 34.2 Å². The third-order valence-electron chi connectivity index (χ3n) is 5.73. The molecule has 1 N–H and O–H groups in total. The summed E-state index contributed by atoms with van der Waals surface area (Å²) in [6.45, 7) is 1.30. The number of piperidine rings is 1. The summed E-state index contributed by atoms with van der Waals surface area (Å²) in [6.07, 6.45) is 4.37. The highest BCUT2D eigenvalue weighted by Crippen LogP contribution is 2.30. The van der Waals surface area contributed by atoms with E-state index < -0.39 is 29.7 Å². The molecule has 3 aliphatic heterocycles. The first-order valence-corrected chi connectivity index (χ1v) is 10.2. The summed E-state index contributed by atoms with van der Waals surface area (Å²) in [5.41, 5.74) is 0.306. The van der Waals surface area contributed by atoms with Crippen LogP contribution in [-0.4, -0.2) is 65.1 Å². The molecule has 4 rings (SSSR count). The predicted octanol–water partition coefficient (Wildman–Crippen LogP) is 0.869. The summed E-state index contributed by atoms with van der Waals surface area (Å²) < 4.78 is 5.59.